The van der Waals surface area contributed by atoms with Crippen molar-refractivity contribution in [3.63, 3.8) is 0 Å². The first-order valence-electron chi connectivity index (χ1n) is 11.9. The molecule has 1 heterocycles. The third kappa shape index (κ3) is 6.51. The molecule has 1 amide bonds. The molecular weight excluding hydrogens is 401 g/mol. The zero-order valence-corrected chi connectivity index (χ0v) is 16.2. The fourth-order valence-corrected chi connectivity index (χ4v) is 2.31. The number of benzene rings is 2. The van der Waals surface area contributed by atoms with Gasteiger partial charge in [0.05, 0.1) is 21.0 Å². The van der Waals surface area contributed by atoms with Crippen molar-refractivity contribution < 1.29 is 26.9 Å². The molecule has 0 aliphatic carbocycles. The number of ether oxygens (including phenoxy) is 2. The molecule has 3 rings (SSSR count). The molecule has 0 unspecified atom stereocenters. The van der Waals surface area contributed by atoms with Crippen LogP contribution < -0.4 is 20.7 Å². The second-order valence-corrected chi connectivity index (χ2v) is 5.89. The normalized spacial score (nSPS) is 13.5. The zero-order valence-electron chi connectivity index (χ0n) is 22.2. The summed E-state index contributed by atoms with van der Waals surface area (Å²) in [5.74, 6) is -1.70. The third-order valence-corrected chi connectivity index (χ3v) is 3.69. The SMILES string of the molecule is [2H]c1cc([2H])c(Nc2nc(Nc3ccc(OCCOC([2H])([2H])[2H])cc3)nc([2H])c2F)cc1NC(=O)C=C. The van der Waals surface area contributed by atoms with Gasteiger partial charge in [-0.05, 0) is 48.5 Å². The Morgan fingerprint density at radius 3 is 2.81 bits per heavy atom. The van der Waals surface area contributed by atoms with Gasteiger partial charge in [0.25, 0.3) is 0 Å². The fourth-order valence-electron chi connectivity index (χ4n) is 2.31. The van der Waals surface area contributed by atoms with Crippen LogP contribution >= 0.6 is 0 Å². The molecule has 3 N–H and O–H groups in total. The van der Waals surface area contributed by atoms with Gasteiger partial charge < -0.3 is 25.4 Å². The smallest absolute Gasteiger partial charge is 0.247 e. The number of aromatic nitrogens is 2. The highest BCUT2D eigenvalue weighted by atomic mass is 19.1. The van der Waals surface area contributed by atoms with Gasteiger partial charge in [0.1, 0.15) is 12.4 Å². The largest absolute Gasteiger partial charge is 0.491 e. The van der Waals surface area contributed by atoms with Crippen molar-refractivity contribution in [2.24, 2.45) is 0 Å². The van der Waals surface area contributed by atoms with E-state index >= 15 is 0 Å². The molecule has 0 fully saturated rings. The number of anilines is 5. The second-order valence-electron chi connectivity index (χ2n) is 5.89. The molecule has 1 aromatic heterocycles. The molecule has 0 saturated carbocycles. The standard InChI is InChI=1S/C22H22FN5O3/c1-3-20(29)25-16-5-4-6-17(13-16)26-21-19(23)14-24-22(28-21)27-15-7-9-18(10-8-15)31-12-11-30-2/h3-10,13-14H,1,11-12H2,2H3,(H,25,29)(H2,24,26,27,28)/i2D3,5D,6D,14D. The maximum Gasteiger partial charge on any atom is 0.247 e. The van der Waals surface area contributed by atoms with E-state index in [9.17, 15) is 9.18 Å². The number of methoxy groups -OCH3 is 1. The number of carbonyl (C=O) groups excluding carboxylic acids is 1. The van der Waals surface area contributed by atoms with Crippen LogP contribution in [-0.2, 0) is 9.53 Å². The van der Waals surface area contributed by atoms with Gasteiger partial charge in [-0.2, -0.15) is 4.98 Å². The van der Waals surface area contributed by atoms with Crippen molar-refractivity contribution in [3.8, 4) is 5.75 Å². The minimum atomic E-state index is -2.49. The molecule has 0 radical (unpaired) electrons. The molecule has 31 heavy (non-hydrogen) atoms. The van der Waals surface area contributed by atoms with E-state index in [1.165, 1.54) is 6.07 Å². The number of carbonyl (C=O) groups is 1. The first-order valence-corrected chi connectivity index (χ1v) is 8.95. The van der Waals surface area contributed by atoms with E-state index < -0.39 is 30.8 Å². The average Bonchev–Trinajstić information content (AvgIpc) is 2.83. The number of halogens is 1. The van der Waals surface area contributed by atoms with Crippen LogP contribution in [0.3, 0.4) is 0 Å². The maximum atomic E-state index is 14.6. The van der Waals surface area contributed by atoms with Crippen LogP contribution in [0.15, 0.2) is 67.3 Å². The lowest BCUT2D eigenvalue weighted by Gasteiger charge is -2.11. The number of rotatable bonds is 10. The Balaban J connectivity index is 1.73. The summed E-state index contributed by atoms with van der Waals surface area (Å²) in [4.78, 5) is 19.4. The van der Waals surface area contributed by atoms with E-state index in [0.29, 0.717) is 11.4 Å². The van der Waals surface area contributed by atoms with E-state index in [4.69, 9.17) is 13.0 Å². The summed E-state index contributed by atoms with van der Waals surface area (Å²) in [5, 5.41) is 7.87. The van der Waals surface area contributed by atoms with Crippen LogP contribution in [-0.4, -0.2) is 36.1 Å². The van der Waals surface area contributed by atoms with Gasteiger partial charge in [-0.25, -0.2) is 9.37 Å². The lowest BCUT2D eigenvalue weighted by molar-refractivity contribution is -0.111. The van der Waals surface area contributed by atoms with Crippen molar-refractivity contribution in [2.75, 3.05) is 36.2 Å². The average molecular weight is 429 g/mol. The van der Waals surface area contributed by atoms with E-state index in [1.54, 1.807) is 24.3 Å². The van der Waals surface area contributed by atoms with Gasteiger partial charge in [0.2, 0.25) is 11.9 Å². The molecular formula is C22H22FN5O3. The predicted molar refractivity (Wildman–Crippen MR) is 118 cm³/mol. The Hall–Kier alpha value is -3.98. The van der Waals surface area contributed by atoms with Crippen molar-refractivity contribution in [3.05, 3.63) is 73.1 Å². The van der Waals surface area contributed by atoms with Crippen molar-refractivity contribution in [1.29, 1.82) is 0 Å². The van der Waals surface area contributed by atoms with E-state index in [0.717, 1.165) is 12.1 Å². The van der Waals surface area contributed by atoms with Gasteiger partial charge in [-0.3, -0.25) is 4.79 Å². The summed E-state index contributed by atoms with van der Waals surface area (Å²) < 4.78 is 69.4. The molecule has 0 spiro atoms. The van der Waals surface area contributed by atoms with Crippen molar-refractivity contribution >= 4 is 34.7 Å². The molecule has 0 bridgehead atoms. The second kappa shape index (κ2) is 10.7. The summed E-state index contributed by atoms with van der Waals surface area (Å²) in [6.45, 7) is 3.25. The Labute approximate surface area is 187 Å². The lowest BCUT2D eigenvalue weighted by Crippen LogP contribution is -2.07. The lowest BCUT2D eigenvalue weighted by atomic mass is 10.2. The molecule has 0 atom stereocenters. The quantitative estimate of drug-likeness (QED) is 0.327. The summed E-state index contributed by atoms with van der Waals surface area (Å²) in [6.07, 6.45) is 0.307. The highest BCUT2D eigenvalue weighted by molar-refractivity contribution is 5.99. The Morgan fingerprint density at radius 1 is 1.23 bits per heavy atom. The van der Waals surface area contributed by atoms with Gasteiger partial charge in [0, 0.05) is 24.1 Å². The molecule has 2 aromatic carbocycles. The minimum Gasteiger partial charge on any atom is -0.491 e. The maximum absolute atomic E-state index is 14.6. The molecule has 0 aliphatic heterocycles. The number of nitrogens with one attached hydrogen (secondary N) is 3. The minimum absolute atomic E-state index is 0.0294. The van der Waals surface area contributed by atoms with Gasteiger partial charge in [-0.1, -0.05) is 12.6 Å². The van der Waals surface area contributed by atoms with Crippen molar-refractivity contribution in [2.45, 2.75) is 0 Å². The van der Waals surface area contributed by atoms with Gasteiger partial charge in [-0.15, -0.1) is 0 Å². The number of nitrogens with zero attached hydrogens (tertiary/aromatic N) is 2. The molecule has 9 heteroatoms. The molecule has 3 aromatic rings. The van der Waals surface area contributed by atoms with Crippen molar-refractivity contribution in [1.82, 2.24) is 9.97 Å². The Kier molecular flexibility index (Phi) is 5.15. The Morgan fingerprint density at radius 2 is 2.03 bits per heavy atom. The van der Waals surface area contributed by atoms with Crippen LogP contribution in [0.5, 0.6) is 5.75 Å². The first-order chi connectivity index (χ1) is 17.4. The number of amides is 1. The fraction of sp³-hybridized carbons (Fsp3) is 0.136. The van der Waals surface area contributed by atoms with Crippen LogP contribution in [0, 0.1) is 5.82 Å². The van der Waals surface area contributed by atoms with E-state index in [2.05, 4.69) is 37.2 Å². The summed E-state index contributed by atoms with van der Waals surface area (Å²) >= 11 is 0. The van der Waals surface area contributed by atoms with Crippen LogP contribution in [0.2, 0.25) is 0 Å². The number of hydrogen-bond donors (Lipinski definition) is 3. The molecule has 8 nitrogen and oxygen atoms in total. The third-order valence-electron chi connectivity index (χ3n) is 3.69. The first kappa shape index (κ1) is 14.9. The predicted octanol–water partition coefficient (Wildman–Crippen LogP) is 4.25. The molecule has 0 saturated heterocycles. The summed E-state index contributed by atoms with van der Waals surface area (Å²) in [7, 11) is -2.49. The zero-order chi connectivity index (χ0) is 27.2. The Bertz CT molecular complexity index is 1290. The van der Waals surface area contributed by atoms with E-state index in [1.807, 2.05) is 0 Å². The monoisotopic (exact) mass is 429 g/mol. The summed E-state index contributed by atoms with van der Waals surface area (Å²) in [5.41, 5.74) is 0.578. The summed E-state index contributed by atoms with van der Waals surface area (Å²) in [6, 6.07) is 8.52. The topological polar surface area (TPSA) is 97.4 Å². The highest BCUT2D eigenvalue weighted by Crippen LogP contribution is 2.23. The van der Waals surface area contributed by atoms with E-state index in [-0.39, 0.29) is 42.6 Å². The molecule has 160 valence electrons. The number of hydrogen-bond acceptors (Lipinski definition) is 7. The molecule has 0 aliphatic rings. The van der Waals surface area contributed by atoms with Gasteiger partial charge >= 0.3 is 0 Å². The van der Waals surface area contributed by atoms with Gasteiger partial charge in [0.15, 0.2) is 11.6 Å². The highest BCUT2D eigenvalue weighted by Gasteiger charge is 2.09. The van der Waals surface area contributed by atoms with Crippen LogP contribution in [0.4, 0.5) is 33.2 Å². The van der Waals surface area contributed by atoms with Crippen LogP contribution in [0.1, 0.15) is 8.22 Å². The van der Waals surface area contributed by atoms with Crippen LogP contribution in [0.25, 0.3) is 0 Å².